The lowest BCUT2D eigenvalue weighted by atomic mass is 10.3. The molecule has 5 heteroatoms. The highest BCUT2D eigenvalue weighted by Crippen LogP contribution is 2.23. The third kappa shape index (κ3) is 2.92. The van der Waals surface area contributed by atoms with E-state index in [0.717, 1.165) is 0 Å². The van der Waals surface area contributed by atoms with E-state index in [-0.39, 0.29) is 5.69 Å². The van der Waals surface area contributed by atoms with Gasteiger partial charge < -0.3 is 11.1 Å². The van der Waals surface area contributed by atoms with Crippen molar-refractivity contribution in [1.29, 1.82) is 0 Å². The molecule has 14 heavy (non-hydrogen) atoms. The first kappa shape index (κ1) is 11.4. The molecular formula is C9H11BrF2N2. The highest BCUT2D eigenvalue weighted by Gasteiger charge is 2.09. The SMILES string of the molecule is NCCCNc1c(F)cc(Br)cc1F. The highest BCUT2D eigenvalue weighted by atomic mass is 79.9. The Kier molecular flexibility index (Phi) is 4.28. The van der Waals surface area contributed by atoms with Crippen LogP contribution in [0.3, 0.4) is 0 Å². The number of rotatable bonds is 4. The molecule has 0 saturated heterocycles. The predicted octanol–water partition coefficient (Wildman–Crippen LogP) is 2.49. The van der Waals surface area contributed by atoms with Gasteiger partial charge in [0.25, 0.3) is 0 Å². The van der Waals surface area contributed by atoms with Gasteiger partial charge in [-0.05, 0) is 25.1 Å². The van der Waals surface area contributed by atoms with E-state index >= 15 is 0 Å². The second kappa shape index (κ2) is 5.26. The lowest BCUT2D eigenvalue weighted by molar-refractivity contribution is 0.586. The van der Waals surface area contributed by atoms with E-state index in [1.165, 1.54) is 12.1 Å². The first-order chi connectivity index (χ1) is 6.65. The van der Waals surface area contributed by atoms with Crippen LogP contribution in [0.2, 0.25) is 0 Å². The topological polar surface area (TPSA) is 38.0 Å². The Morgan fingerprint density at radius 3 is 2.36 bits per heavy atom. The number of hydrogen-bond acceptors (Lipinski definition) is 2. The summed E-state index contributed by atoms with van der Waals surface area (Å²) in [6.45, 7) is 0.957. The normalized spacial score (nSPS) is 10.3. The van der Waals surface area contributed by atoms with E-state index in [9.17, 15) is 8.78 Å². The molecule has 1 aromatic rings. The van der Waals surface area contributed by atoms with Crippen molar-refractivity contribution in [2.75, 3.05) is 18.4 Å². The first-order valence-electron chi connectivity index (χ1n) is 4.23. The Hall–Kier alpha value is -0.680. The summed E-state index contributed by atoms with van der Waals surface area (Å²) in [4.78, 5) is 0. The average Bonchev–Trinajstić information content (AvgIpc) is 2.09. The highest BCUT2D eigenvalue weighted by molar-refractivity contribution is 9.10. The van der Waals surface area contributed by atoms with Crippen molar-refractivity contribution < 1.29 is 8.78 Å². The van der Waals surface area contributed by atoms with Gasteiger partial charge in [-0.1, -0.05) is 15.9 Å². The summed E-state index contributed by atoms with van der Waals surface area (Å²) in [5.74, 6) is -1.21. The largest absolute Gasteiger partial charge is 0.380 e. The molecule has 0 amide bonds. The Morgan fingerprint density at radius 2 is 1.86 bits per heavy atom. The minimum atomic E-state index is -0.603. The molecule has 0 heterocycles. The van der Waals surface area contributed by atoms with Crippen molar-refractivity contribution in [3.05, 3.63) is 28.2 Å². The van der Waals surface area contributed by atoms with Crippen molar-refractivity contribution in [3.63, 3.8) is 0 Å². The second-order valence-electron chi connectivity index (χ2n) is 2.81. The van der Waals surface area contributed by atoms with E-state index in [0.29, 0.717) is 24.0 Å². The van der Waals surface area contributed by atoms with Crippen molar-refractivity contribution >= 4 is 21.6 Å². The Bertz CT molecular complexity index is 295. The number of halogens is 3. The van der Waals surface area contributed by atoms with Crippen LogP contribution >= 0.6 is 15.9 Å². The van der Waals surface area contributed by atoms with Crippen molar-refractivity contribution in [2.45, 2.75) is 6.42 Å². The first-order valence-corrected chi connectivity index (χ1v) is 5.03. The maximum atomic E-state index is 13.2. The quantitative estimate of drug-likeness (QED) is 0.821. The molecule has 0 aliphatic carbocycles. The van der Waals surface area contributed by atoms with Crippen LogP contribution in [-0.4, -0.2) is 13.1 Å². The van der Waals surface area contributed by atoms with Gasteiger partial charge in [0.05, 0.1) is 0 Å². The summed E-state index contributed by atoms with van der Waals surface area (Å²) in [7, 11) is 0. The summed E-state index contributed by atoms with van der Waals surface area (Å²) < 4.78 is 26.7. The third-order valence-corrected chi connectivity index (χ3v) is 2.15. The van der Waals surface area contributed by atoms with Gasteiger partial charge in [0.2, 0.25) is 0 Å². The molecule has 0 bridgehead atoms. The van der Waals surface area contributed by atoms with Crippen LogP contribution in [-0.2, 0) is 0 Å². The minimum Gasteiger partial charge on any atom is -0.380 e. The van der Waals surface area contributed by atoms with Gasteiger partial charge in [-0.25, -0.2) is 8.78 Å². The number of nitrogens with one attached hydrogen (secondary N) is 1. The molecule has 0 saturated carbocycles. The molecule has 1 rings (SSSR count). The van der Waals surface area contributed by atoms with E-state index in [1.54, 1.807) is 0 Å². The fraction of sp³-hybridized carbons (Fsp3) is 0.333. The maximum absolute atomic E-state index is 13.2. The van der Waals surface area contributed by atoms with Gasteiger partial charge in [0.1, 0.15) is 17.3 Å². The smallest absolute Gasteiger partial charge is 0.150 e. The molecule has 1 aromatic carbocycles. The van der Waals surface area contributed by atoms with Gasteiger partial charge in [0.15, 0.2) is 0 Å². The summed E-state index contributed by atoms with van der Waals surface area (Å²) in [5, 5.41) is 2.66. The van der Waals surface area contributed by atoms with Crippen molar-refractivity contribution in [2.24, 2.45) is 5.73 Å². The zero-order valence-corrected chi connectivity index (χ0v) is 9.07. The molecule has 0 aliphatic rings. The predicted molar refractivity (Wildman–Crippen MR) is 56.2 cm³/mol. The van der Waals surface area contributed by atoms with Crippen molar-refractivity contribution in [1.82, 2.24) is 0 Å². The molecule has 2 nitrogen and oxygen atoms in total. The standard InChI is InChI=1S/C9H11BrF2N2/c10-6-4-7(11)9(8(12)5-6)14-3-1-2-13/h4-5,14H,1-3,13H2. The Balaban J connectivity index is 2.75. The molecule has 0 spiro atoms. The number of nitrogens with two attached hydrogens (primary N) is 1. The molecular weight excluding hydrogens is 254 g/mol. The van der Waals surface area contributed by atoms with E-state index < -0.39 is 11.6 Å². The molecule has 0 aromatic heterocycles. The average molecular weight is 265 g/mol. The van der Waals surface area contributed by atoms with E-state index in [2.05, 4.69) is 21.2 Å². The number of hydrogen-bond donors (Lipinski definition) is 2. The van der Waals surface area contributed by atoms with Gasteiger partial charge in [-0.15, -0.1) is 0 Å². The lowest BCUT2D eigenvalue weighted by Crippen LogP contribution is -2.10. The van der Waals surface area contributed by atoms with Gasteiger partial charge in [-0.2, -0.15) is 0 Å². The van der Waals surface area contributed by atoms with Crippen LogP contribution < -0.4 is 11.1 Å². The van der Waals surface area contributed by atoms with Gasteiger partial charge >= 0.3 is 0 Å². The Morgan fingerprint density at radius 1 is 1.29 bits per heavy atom. The van der Waals surface area contributed by atoms with Crippen molar-refractivity contribution in [3.8, 4) is 0 Å². The third-order valence-electron chi connectivity index (χ3n) is 1.69. The van der Waals surface area contributed by atoms with Gasteiger partial charge in [-0.3, -0.25) is 0 Å². The van der Waals surface area contributed by atoms with E-state index in [4.69, 9.17) is 5.73 Å². The minimum absolute atomic E-state index is 0.0957. The van der Waals surface area contributed by atoms with Crippen LogP contribution in [0, 0.1) is 11.6 Å². The van der Waals surface area contributed by atoms with Crippen LogP contribution in [0.15, 0.2) is 16.6 Å². The summed E-state index contributed by atoms with van der Waals surface area (Å²) in [6, 6.07) is 2.43. The summed E-state index contributed by atoms with van der Waals surface area (Å²) >= 11 is 3.00. The lowest BCUT2D eigenvalue weighted by Gasteiger charge is -2.08. The molecule has 0 radical (unpaired) electrons. The monoisotopic (exact) mass is 264 g/mol. The fourth-order valence-electron chi connectivity index (χ4n) is 1.03. The maximum Gasteiger partial charge on any atom is 0.150 e. The van der Waals surface area contributed by atoms with E-state index in [1.807, 2.05) is 0 Å². The fourth-order valence-corrected chi connectivity index (χ4v) is 1.43. The van der Waals surface area contributed by atoms with Gasteiger partial charge in [0, 0.05) is 11.0 Å². The molecule has 0 unspecified atom stereocenters. The summed E-state index contributed by atoms with van der Waals surface area (Å²) in [5.41, 5.74) is 5.16. The molecule has 0 atom stereocenters. The molecule has 0 fully saturated rings. The summed E-state index contributed by atoms with van der Waals surface area (Å²) in [6.07, 6.45) is 0.676. The zero-order valence-electron chi connectivity index (χ0n) is 7.49. The number of benzene rings is 1. The van der Waals surface area contributed by atoms with Crippen LogP contribution in [0.4, 0.5) is 14.5 Å². The molecule has 3 N–H and O–H groups in total. The second-order valence-corrected chi connectivity index (χ2v) is 3.73. The zero-order chi connectivity index (χ0) is 10.6. The Labute approximate surface area is 89.6 Å². The van der Waals surface area contributed by atoms with Crippen LogP contribution in [0.5, 0.6) is 0 Å². The molecule has 78 valence electrons. The molecule has 0 aliphatic heterocycles. The van der Waals surface area contributed by atoms with Crippen LogP contribution in [0.25, 0.3) is 0 Å². The number of anilines is 1. The van der Waals surface area contributed by atoms with Crippen LogP contribution in [0.1, 0.15) is 6.42 Å².